The topological polar surface area (TPSA) is 72.3 Å². The molecule has 0 aromatic heterocycles. The van der Waals surface area contributed by atoms with Gasteiger partial charge in [0.2, 0.25) is 0 Å². The summed E-state index contributed by atoms with van der Waals surface area (Å²) in [4.78, 5) is 0. The summed E-state index contributed by atoms with van der Waals surface area (Å²) in [7, 11) is 0. The first kappa shape index (κ1) is 8.62. The van der Waals surface area contributed by atoms with Gasteiger partial charge in [0, 0.05) is 11.4 Å². The maximum atomic E-state index is 8.22. The second kappa shape index (κ2) is 4.49. The molecule has 0 bridgehead atoms. The zero-order valence-corrected chi connectivity index (χ0v) is 5.91. The van der Waals surface area contributed by atoms with Gasteiger partial charge in [-0.2, -0.15) is 0 Å². The summed E-state index contributed by atoms with van der Waals surface area (Å²) < 4.78 is 0. The van der Waals surface area contributed by atoms with E-state index in [-0.39, 0.29) is 0 Å². The van der Waals surface area contributed by atoms with Crippen LogP contribution < -0.4 is 11.5 Å². The average molecular weight is 140 g/mol. The van der Waals surface area contributed by atoms with Crippen LogP contribution >= 0.6 is 0 Å². The Morgan fingerprint density at radius 1 is 1.40 bits per heavy atom. The van der Waals surface area contributed by atoms with Crippen LogP contribution in [0, 0.1) is 0 Å². The standard InChI is InChI=1S/C7H12N2O/c1-6(8)5-7(9)3-2-4-10/h2-5,10H,8-9H2,1H3/b4-2+,6-5+,7-3+. The third-order valence-electron chi connectivity index (χ3n) is 0.769. The minimum atomic E-state index is 0.519. The maximum Gasteiger partial charge on any atom is 0.0792 e. The Hall–Kier alpha value is -1.38. The number of nitrogens with two attached hydrogens (primary N) is 2. The molecule has 0 unspecified atom stereocenters. The smallest absolute Gasteiger partial charge is 0.0792 e. The van der Waals surface area contributed by atoms with Gasteiger partial charge in [0.15, 0.2) is 0 Å². The van der Waals surface area contributed by atoms with Crippen LogP contribution in [0.3, 0.4) is 0 Å². The van der Waals surface area contributed by atoms with Crippen molar-refractivity contribution >= 4 is 0 Å². The highest BCUT2D eigenvalue weighted by atomic mass is 16.2. The van der Waals surface area contributed by atoms with E-state index in [1.165, 1.54) is 6.08 Å². The Kier molecular flexibility index (Phi) is 3.87. The van der Waals surface area contributed by atoms with Crippen molar-refractivity contribution in [2.75, 3.05) is 0 Å². The van der Waals surface area contributed by atoms with Gasteiger partial charge in [0.1, 0.15) is 0 Å². The van der Waals surface area contributed by atoms with Crippen LogP contribution in [0.2, 0.25) is 0 Å². The first-order valence-electron chi connectivity index (χ1n) is 2.87. The predicted octanol–water partition coefficient (Wildman–Crippen LogP) is 0.763. The summed E-state index contributed by atoms with van der Waals surface area (Å²) in [5.74, 6) is 0. The molecule has 56 valence electrons. The molecular formula is C7H12N2O. The molecule has 0 saturated heterocycles. The molecular weight excluding hydrogens is 128 g/mol. The van der Waals surface area contributed by atoms with E-state index in [0.29, 0.717) is 11.4 Å². The van der Waals surface area contributed by atoms with Crippen molar-refractivity contribution in [2.24, 2.45) is 11.5 Å². The molecule has 0 atom stereocenters. The van der Waals surface area contributed by atoms with Gasteiger partial charge in [-0.3, -0.25) is 0 Å². The van der Waals surface area contributed by atoms with E-state index in [1.807, 2.05) is 0 Å². The fraction of sp³-hybridized carbons (Fsp3) is 0.143. The third-order valence-corrected chi connectivity index (χ3v) is 0.769. The number of hydrogen-bond acceptors (Lipinski definition) is 3. The van der Waals surface area contributed by atoms with Gasteiger partial charge in [-0.25, -0.2) is 0 Å². The average Bonchev–Trinajstić information content (AvgIpc) is 1.82. The van der Waals surface area contributed by atoms with Crippen LogP contribution in [0.25, 0.3) is 0 Å². The molecule has 3 nitrogen and oxygen atoms in total. The fourth-order valence-electron chi connectivity index (χ4n) is 0.465. The normalized spacial score (nSPS) is 14.5. The van der Waals surface area contributed by atoms with Crippen LogP contribution in [0.1, 0.15) is 6.92 Å². The van der Waals surface area contributed by atoms with Crippen molar-refractivity contribution in [2.45, 2.75) is 6.92 Å². The molecule has 0 spiro atoms. The van der Waals surface area contributed by atoms with E-state index in [0.717, 1.165) is 6.26 Å². The Morgan fingerprint density at radius 2 is 2.00 bits per heavy atom. The van der Waals surface area contributed by atoms with Crippen LogP contribution in [0.15, 0.2) is 35.9 Å². The van der Waals surface area contributed by atoms with E-state index in [9.17, 15) is 0 Å². The van der Waals surface area contributed by atoms with Crippen molar-refractivity contribution in [1.82, 2.24) is 0 Å². The molecule has 0 aliphatic heterocycles. The van der Waals surface area contributed by atoms with Crippen molar-refractivity contribution < 1.29 is 5.11 Å². The van der Waals surface area contributed by atoms with Crippen LogP contribution in [-0.2, 0) is 0 Å². The number of aliphatic hydroxyl groups is 1. The summed E-state index contributed by atoms with van der Waals surface area (Å²) >= 11 is 0. The predicted molar refractivity (Wildman–Crippen MR) is 42.0 cm³/mol. The summed E-state index contributed by atoms with van der Waals surface area (Å²) in [5.41, 5.74) is 11.9. The highest BCUT2D eigenvalue weighted by Gasteiger charge is 1.80. The summed E-state index contributed by atoms with van der Waals surface area (Å²) in [5, 5.41) is 8.22. The van der Waals surface area contributed by atoms with Gasteiger partial charge < -0.3 is 16.6 Å². The molecule has 0 radical (unpaired) electrons. The highest BCUT2D eigenvalue weighted by Crippen LogP contribution is 1.90. The van der Waals surface area contributed by atoms with Gasteiger partial charge in [-0.1, -0.05) is 0 Å². The van der Waals surface area contributed by atoms with Crippen molar-refractivity contribution in [3.8, 4) is 0 Å². The molecule has 5 N–H and O–H groups in total. The number of allylic oxidation sites excluding steroid dienone is 4. The number of aliphatic hydroxyl groups excluding tert-OH is 1. The van der Waals surface area contributed by atoms with Crippen molar-refractivity contribution in [3.63, 3.8) is 0 Å². The maximum absolute atomic E-state index is 8.22. The summed E-state index contributed by atoms with van der Waals surface area (Å²) in [6.45, 7) is 1.74. The molecule has 0 saturated carbocycles. The quantitative estimate of drug-likeness (QED) is 0.391. The second-order valence-corrected chi connectivity index (χ2v) is 1.90. The lowest BCUT2D eigenvalue weighted by Crippen LogP contribution is -1.97. The minimum Gasteiger partial charge on any atom is -0.516 e. The SMILES string of the molecule is C\C(N)=C/C(N)=C\C=C\O. The van der Waals surface area contributed by atoms with E-state index < -0.39 is 0 Å². The monoisotopic (exact) mass is 140 g/mol. The molecule has 0 fully saturated rings. The Balaban J connectivity index is 4.08. The molecule has 10 heavy (non-hydrogen) atoms. The lowest BCUT2D eigenvalue weighted by Gasteiger charge is -1.90. The number of rotatable bonds is 2. The highest BCUT2D eigenvalue weighted by molar-refractivity contribution is 5.22. The fourth-order valence-corrected chi connectivity index (χ4v) is 0.465. The minimum absolute atomic E-state index is 0.519. The number of hydrogen-bond donors (Lipinski definition) is 3. The molecule has 0 aromatic carbocycles. The first-order chi connectivity index (χ1) is 4.66. The van der Waals surface area contributed by atoms with E-state index in [2.05, 4.69) is 0 Å². The van der Waals surface area contributed by atoms with Crippen molar-refractivity contribution in [1.29, 1.82) is 0 Å². The molecule has 0 aliphatic carbocycles. The van der Waals surface area contributed by atoms with E-state index in [1.54, 1.807) is 19.1 Å². The van der Waals surface area contributed by atoms with Gasteiger partial charge in [0.05, 0.1) is 6.26 Å². The second-order valence-electron chi connectivity index (χ2n) is 1.90. The molecule has 0 aliphatic rings. The lowest BCUT2D eigenvalue weighted by atomic mass is 10.3. The zero-order valence-electron chi connectivity index (χ0n) is 5.91. The zero-order chi connectivity index (χ0) is 7.98. The summed E-state index contributed by atoms with van der Waals surface area (Å²) in [6, 6.07) is 0. The first-order valence-corrected chi connectivity index (χ1v) is 2.87. The van der Waals surface area contributed by atoms with E-state index in [4.69, 9.17) is 16.6 Å². The van der Waals surface area contributed by atoms with Crippen LogP contribution in [-0.4, -0.2) is 5.11 Å². The molecule has 3 heteroatoms. The van der Waals surface area contributed by atoms with Crippen LogP contribution in [0.4, 0.5) is 0 Å². The van der Waals surface area contributed by atoms with Gasteiger partial charge in [-0.15, -0.1) is 0 Å². The summed E-state index contributed by atoms with van der Waals surface area (Å²) in [6.07, 6.45) is 5.50. The van der Waals surface area contributed by atoms with E-state index >= 15 is 0 Å². The van der Waals surface area contributed by atoms with Gasteiger partial charge in [-0.05, 0) is 25.2 Å². The largest absolute Gasteiger partial charge is 0.516 e. The molecule has 0 amide bonds. The molecule has 0 rings (SSSR count). The third kappa shape index (κ3) is 4.77. The Bertz CT molecular complexity index is 176. The van der Waals surface area contributed by atoms with Crippen molar-refractivity contribution in [3.05, 3.63) is 35.9 Å². The lowest BCUT2D eigenvalue weighted by molar-refractivity contribution is 0.473. The Morgan fingerprint density at radius 3 is 2.40 bits per heavy atom. The Labute approximate surface area is 60.3 Å². The van der Waals surface area contributed by atoms with Crippen LogP contribution in [0.5, 0.6) is 0 Å². The van der Waals surface area contributed by atoms with Gasteiger partial charge >= 0.3 is 0 Å². The molecule has 0 heterocycles. The van der Waals surface area contributed by atoms with Gasteiger partial charge in [0.25, 0.3) is 0 Å². The molecule has 0 aromatic rings.